The molecule has 27 heavy (non-hydrogen) atoms. The van der Waals surface area contributed by atoms with Gasteiger partial charge in [0.15, 0.2) is 0 Å². The van der Waals surface area contributed by atoms with Gasteiger partial charge in [-0.1, -0.05) is 29.3 Å². The van der Waals surface area contributed by atoms with Crippen LogP contribution in [0.1, 0.15) is 40.1 Å². The topological polar surface area (TPSA) is 45.5 Å². The fourth-order valence-electron chi connectivity index (χ4n) is 3.58. The number of thiophene rings is 1. The number of carbonyl (C=O) groups excluding carboxylic acids is 1. The van der Waals surface area contributed by atoms with Gasteiger partial charge in [-0.05, 0) is 57.1 Å². The number of nitrogens with one attached hydrogen (secondary N) is 1. The van der Waals surface area contributed by atoms with E-state index in [9.17, 15) is 4.79 Å². The summed E-state index contributed by atoms with van der Waals surface area (Å²) in [6.45, 7) is 4.44. The highest BCUT2D eigenvalue weighted by atomic mass is 35.5. The lowest BCUT2D eigenvalue weighted by atomic mass is 10.2. The minimum atomic E-state index is -0.176. The van der Waals surface area contributed by atoms with Crippen molar-refractivity contribution < 1.29 is 9.21 Å². The van der Waals surface area contributed by atoms with Crippen molar-refractivity contribution in [1.29, 1.82) is 0 Å². The third-order valence-corrected chi connectivity index (χ3v) is 6.90. The molecular formula is C20H20Cl2N2O2S. The van der Waals surface area contributed by atoms with Crippen LogP contribution in [0.3, 0.4) is 0 Å². The Morgan fingerprint density at radius 1 is 1.26 bits per heavy atom. The number of hydrogen-bond acceptors (Lipinski definition) is 4. The summed E-state index contributed by atoms with van der Waals surface area (Å²) in [6, 6.07) is 9.56. The van der Waals surface area contributed by atoms with E-state index >= 15 is 0 Å². The van der Waals surface area contributed by atoms with Gasteiger partial charge in [0.1, 0.15) is 16.4 Å². The molecule has 3 aromatic rings. The second-order valence-corrected chi connectivity index (χ2v) is 8.61. The van der Waals surface area contributed by atoms with Crippen LogP contribution in [-0.4, -0.2) is 30.4 Å². The molecule has 0 aliphatic carbocycles. The maximum Gasteiger partial charge on any atom is 0.263 e. The van der Waals surface area contributed by atoms with E-state index in [1.807, 2.05) is 31.2 Å². The number of furan rings is 1. The van der Waals surface area contributed by atoms with Crippen molar-refractivity contribution in [1.82, 2.24) is 10.2 Å². The Morgan fingerprint density at radius 2 is 2.04 bits per heavy atom. The highest BCUT2D eigenvalue weighted by Gasteiger charge is 2.27. The molecule has 1 aliphatic rings. The number of halogens is 2. The zero-order valence-electron chi connectivity index (χ0n) is 14.9. The summed E-state index contributed by atoms with van der Waals surface area (Å²) in [5.74, 6) is 1.59. The molecule has 0 spiro atoms. The number of rotatable bonds is 5. The van der Waals surface area contributed by atoms with Crippen LogP contribution >= 0.6 is 34.5 Å². The van der Waals surface area contributed by atoms with Crippen molar-refractivity contribution in [3.63, 3.8) is 0 Å². The third-order valence-electron chi connectivity index (χ3n) is 4.94. The fraction of sp³-hybridized carbons (Fsp3) is 0.350. The van der Waals surface area contributed by atoms with Gasteiger partial charge in [0.25, 0.3) is 5.91 Å². The molecule has 4 nitrogen and oxygen atoms in total. The average molecular weight is 423 g/mol. The molecule has 0 saturated carbocycles. The monoisotopic (exact) mass is 422 g/mol. The lowest BCUT2D eigenvalue weighted by molar-refractivity contribution is 0.0938. The van der Waals surface area contributed by atoms with E-state index in [4.69, 9.17) is 27.6 Å². The molecule has 4 rings (SSSR count). The number of carbonyl (C=O) groups is 1. The molecule has 1 atom stereocenters. The second-order valence-electron chi connectivity index (χ2n) is 6.78. The maximum atomic E-state index is 12.8. The normalized spacial score (nSPS) is 16.1. The minimum absolute atomic E-state index is 0.0295. The Morgan fingerprint density at radius 3 is 2.70 bits per heavy atom. The van der Waals surface area contributed by atoms with Gasteiger partial charge in [-0.3, -0.25) is 9.69 Å². The Bertz CT molecular complexity index is 976. The molecule has 7 heteroatoms. The predicted octanol–water partition coefficient (Wildman–Crippen LogP) is 5.68. The van der Waals surface area contributed by atoms with E-state index in [1.54, 1.807) is 6.07 Å². The molecule has 1 unspecified atom stereocenters. The first-order valence-electron chi connectivity index (χ1n) is 8.99. The quantitative estimate of drug-likeness (QED) is 0.575. The number of fused-ring (bicyclic) bond motifs is 1. The van der Waals surface area contributed by atoms with Crippen molar-refractivity contribution in [2.75, 3.05) is 19.6 Å². The third kappa shape index (κ3) is 3.74. The van der Waals surface area contributed by atoms with Crippen molar-refractivity contribution in [2.24, 2.45) is 0 Å². The molecule has 0 bridgehead atoms. The highest BCUT2D eigenvalue weighted by Crippen LogP contribution is 2.39. The maximum absolute atomic E-state index is 12.8. The molecule has 3 heterocycles. The van der Waals surface area contributed by atoms with Crippen molar-refractivity contribution >= 4 is 50.5 Å². The van der Waals surface area contributed by atoms with Crippen LogP contribution in [-0.2, 0) is 0 Å². The van der Waals surface area contributed by atoms with E-state index in [0.717, 1.165) is 34.7 Å². The van der Waals surface area contributed by atoms with Crippen LogP contribution in [0.5, 0.6) is 0 Å². The van der Waals surface area contributed by atoms with Gasteiger partial charge in [-0.15, -0.1) is 11.3 Å². The fourth-order valence-corrected chi connectivity index (χ4v) is 5.45. The predicted molar refractivity (Wildman–Crippen MR) is 111 cm³/mol. The number of nitrogens with zero attached hydrogens (tertiary/aromatic N) is 1. The van der Waals surface area contributed by atoms with Gasteiger partial charge in [-0.2, -0.15) is 0 Å². The zero-order valence-corrected chi connectivity index (χ0v) is 17.3. The van der Waals surface area contributed by atoms with Crippen LogP contribution in [0.4, 0.5) is 0 Å². The summed E-state index contributed by atoms with van der Waals surface area (Å²) in [5, 5.41) is 4.78. The van der Waals surface area contributed by atoms with E-state index in [0.29, 0.717) is 21.5 Å². The summed E-state index contributed by atoms with van der Waals surface area (Å²) in [7, 11) is 0. The van der Waals surface area contributed by atoms with Crippen molar-refractivity contribution in [2.45, 2.75) is 25.8 Å². The molecule has 1 saturated heterocycles. The van der Waals surface area contributed by atoms with E-state index in [2.05, 4.69) is 10.2 Å². The SMILES string of the molecule is Cc1ccc(C(CNC(=O)c2sc3cccc(Cl)c3c2Cl)N2CCCC2)o1. The summed E-state index contributed by atoms with van der Waals surface area (Å²) in [4.78, 5) is 15.7. The Balaban J connectivity index is 1.55. The van der Waals surface area contributed by atoms with Crippen LogP contribution in [0.15, 0.2) is 34.7 Å². The molecule has 0 radical (unpaired) electrons. The van der Waals surface area contributed by atoms with Gasteiger partial charge >= 0.3 is 0 Å². The van der Waals surface area contributed by atoms with Crippen LogP contribution in [0.25, 0.3) is 10.1 Å². The minimum Gasteiger partial charge on any atom is -0.465 e. The summed E-state index contributed by atoms with van der Waals surface area (Å²) in [5.41, 5.74) is 0. The Hall–Kier alpha value is -1.53. The number of benzene rings is 1. The molecule has 1 fully saturated rings. The van der Waals surface area contributed by atoms with Crippen LogP contribution in [0.2, 0.25) is 10.0 Å². The zero-order chi connectivity index (χ0) is 19.0. The highest BCUT2D eigenvalue weighted by molar-refractivity contribution is 7.21. The van der Waals surface area contributed by atoms with Gasteiger partial charge in [-0.25, -0.2) is 0 Å². The van der Waals surface area contributed by atoms with E-state index < -0.39 is 0 Å². The lowest BCUT2D eigenvalue weighted by Crippen LogP contribution is -2.36. The second kappa shape index (κ2) is 7.84. The number of aryl methyl sites for hydroxylation is 1. The molecule has 1 aromatic carbocycles. The molecule has 2 aromatic heterocycles. The molecule has 142 valence electrons. The van der Waals surface area contributed by atoms with Crippen molar-refractivity contribution in [3.05, 3.63) is 56.8 Å². The molecular weight excluding hydrogens is 403 g/mol. The number of likely N-dealkylation sites (tertiary alicyclic amines) is 1. The Kier molecular flexibility index (Phi) is 5.46. The largest absolute Gasteiger partial charge is 0.465 e. The molecule has 1 N–H and O–H groups in total. The van der Waals surface area contributed by atoms with Gasteiger partial charge in [0.05, 0.1) is 16.1 Å². The standard InChI is InChI=1S/C20H20Cl2N2O2S/c1-12-7-8-15(26-12)14(24-9-2-3-10-24)11-23-20(25)19-18(22)17-13(21)5-4-6-16(17)27-19/h4-8,14H,2-3,9-11H2,1H3,(H,23,25). The first-order chi connectivity index (χ1) is 13.0. The van der Waals surface area contributed by atoms with Gasteiger partial charge in [0, 0.05) is 16.6 Å². The summed E-state index contributed by atoms with van der Waals surface area (Å²) < 4.78 is 6.76. The number of hydrogen-bond donors (Lipinski definition) is 1. The summed E-state index contributed by atoms with van der Waals surface area (Å²) in [6.07, 6.45) is 2.34. The molecule has 1 aliphatic heterocycles. The van der Waals surface area contributed by atoms with Gasteiger partial charge < -0.3 is 9.73 Å². The first-order valence-corrected chi connectivity index (χ1v) is 10.6. The van der Waals surface area contributed by atoms with E-state index in [1.165, 1.54) is 24.2 Å². The summed E-state index contributed by atoms with van der Waals surface area (Å²) >= 11 is 14.1. The van der Waals surface area contributed by atoms with Gasteiger partial charge in [0.2, 0.25) is 0 Å². The Labute approximate surface area is 172 Å². The van der Waals surface area contributed by atoms with Crippen LogP contribution < -0.4 is 5.32 Å². The smallest absolute Gasteiger partial charge is 0.263 e. The lowest BCUT2D eigenvalue weighted by Gasteiger charge is -2.26. The first kappa shape index (κ1) is 18.8. The number of amides is 1. The van der Waals surface area contributed by atoms with Crippen LogP contribution in [0, 0.1) is 6.92 Å². The van der Waals surface area contributed by atoms with Crippen molar-refractivity contribution in [3.8, 4) is 0 Å². The molecule has 1 amide bonds. The average Bonchev–Trinajstić information content (AvgIpc) is 3.37. The van der Waals surface area contributed by atoms with E-state index in [-0.39, 0.29) is 11.9 Å².